The van der Waals surface area contributed by atoms with E-state index >= 15 is 0 Å². The molecule has 0 spiro atoms. The molecule has 0 amide bonds. The third kappa shape index (κ3) is 3.11. The van der Waals surface area contributed by atoms with Crippen LogP contribution in [0.25, 0.3) is 0 Å². The highest BCUT2D eigenvalue weighted by atomic mass is 16.5. The van der Waals surface area contributed by atoms with Gasteiger partial charge in [0.05, 0.1) is 18.4 Å². The molecule has 0 aliphatic rings. The number of hydrogen-bond acceptors (Lipinski definition) is 5. The molecule has 108 valence electrons. The van der Waals surface area contributed by atoms with Crippen molar-refractivity contribution in [2.24, 2.45) is 5.73 Å². The van der Waals surface area contributed by atoms with E-state index in [1.807, 2.05) is 32.0 Å². The van der Waals surface area contributed by atoms with Crippen LogP contribution in [-0.4, -0.2) is 18.8 Å². The number of hydrogen-bond donors (Lipinski definition) is 1. The Balaban J connectivity index is 2.17. The standard InChI is InChI=1S/C15H20N2O3/c1-10-13(11(2)20-17-10)9-19-15-8-12(6-7-16)4-5-14(15)18-3/h4-5,8H,6-7,9,16H2,1-3H3. The number of aromatic nitrogens is 1. The normalized spacial score (nSPS) is 10.6. The van der Waals surface area contributed by atoms with Gasteiger partial charge in [0.1, 0.15) is 12.4 Å². The maximum absolute atomic E-state index is 5.86. The van der Waals surface area contributed by atoms with Crippen LogP contribution in [0.1, 0.15) is 22.6 Å². The fourth-order valence-corrected chi connectivity index (χ4v) is 2.01. The maximum atomic E-state index is 5.86. The summed E-state index contributed by atoms with van der Waals surface area (Å²) in [5.74, 6) is 2.19. The molecular weight excluding hydrogens is 256 g/mol. The van der Waals surface area contributed by atoms with E-state index < -0.39 is 0 Å². The fraction of sp³-hybridized carbons (Fsp3) is 0.400. The highest BCUT2D eigenvalue weighted by Gasteiger charge is 2.12. The predicted octanol–water partition coefficient (Wildman–Crippen LogP) is 2.38. The van der Waals surface area contributed by atoms with E-state index in [1.165, 1.54) is 0 Å². The van der Waals surface area contributed by atoms with Gasteiger partial charge in [-0.05, 0) is 44.5 Å². The van der Waals surface area contributed by atoms with E-state index in [-0.39, 0.29) is 0 Å². The van der Waals surface area contributed by atoms with E-state index in [9.17, 15) is 0 Å². The Bertz CT molecular complexity index is 559. The van der Waals surface area contributed by atoms with Gasteiger partial charge in [0, 0.05) is 0 Å². The summed E-state index contributed by atoms with van der Waals surface area (Å²) in [5, 5.41) is 3.92. The van der Waals surface area contributed by atoms with Crippen molar-refractivity contribution in [3.8, 4) is 11.5 Å². The van der Waals surface area contributed by atoms with E-state index in [0.717, 1.165) is 29.0 Å². The number of nitrogens with zero attached hydrogens (tertiary/aromatic N) is 1. The van der Waals surface area contributed by atoms with Crippen LogP contribution in [0, 0.1) is 13.8 Å². The monoisotopic (exact) mass is 276 g/mol. The van der Waals surface area contributed by atoms with Crippen LogP contribution >= 0.6 is 0 Å². The average molecular weight is 276 g/mol. The second-order valence-electron chi connectivity index (χ2n) is 4.62. The van der Waals surface area contributed by atoms with E-state index in [1.54, 1.807) is 7.11 Å². The minimum Gasteiger partial charge on any atom is -0.493 e. The van der Waals surface area contributed by atoms with Crippen LogP contribution in [0.5, 0.6) is 11.5 Å². The highest BCUT2D eigenvalue weighted by molar-refractivity contribution is 5.43. The van der Waals surface area contributed by atoms with Gasteiger partial charge in [-0.15, -0.1) is 0 Å². The Morgan fingerprint density at radius 3 is 2.65 bits per heavy atom. The summed E-state index contributed by atoms with van der Waals surface area (Å²) < 4.78 is 16.3. The van der Waals surface area contributed by atoms with Crippen LogP contribution in [0.3, 0.4) is 0 Å². The smallest absolute Gasteiger partial charge is 0.161 e. The number of rotatable bonds is 6. The Morgan fingerprint density at radius 1 is 1.25 bits per heavy atom. The molecular formula is C15H20N2O3. The second-order valence-corrected chi connectivity index (χ2v) is 4.62. The molecule has 0 bridgehead atoms. The number of ether oxygens (including phenoxy) is 2. The zero-order valence-electron chi connectivity index (χ0n) is 12.1. The Kier molecular flexibility index (Phi) is 4.63. The van der Waals surface area contributed by atoms with Crippen LogP contribution in [0.4, 0.5) is 0 Å². The minimum absolute atomic E-state index is 0.406. The molecule has 0 aliphatic heterocycles. The molecule has 0 unspecified atom stereocenters. The summed E-state index contributed by atoms with van der Waals surface area (Å²) in [6, 6.07) is 5.85. The summed E-state index contributed by atoms with van der Waals surface area (Å²) in [6.45, 7) is 4.79. The fourth-order valence-electron chi connectivity index (χ4n) is 2.01. The van der Waals surface area contributed by atoms with Crippen LogP contribution in [0.2, 0.25) is 0 Å². The van der Waals surface area contributed by atoms with Crippen molar-refractivity contribution in [2.75, 3.05) is 13.7 Å². The molecule has 1 heterocycles. The van der Waals surface area contributed by atoms with Gasteiger partial charge in [-0.3, -0.25) is 0 Å². The SMILES string of the molecule is COc1ccc(CCN)cc1OCc1c(C)noc1C. The molecule has 0 aliphatic carbocycles. The van der Waals surface area contributed by atoms with E-state index in [2.05, 4.69) is 5.16 Å². The molecule has 0 atom stereocenters. The van der Waals surface area contributed by atoms with Crippen molar-refractivity contribution < 1.29 is 14.0 Å². The molecule has 5 heteroatoms. The predicted molar refractivity (Wildman–Crippen MR) is 76.1 cm³/mol. The summed E-state index contributed by atoms with van der Waals surface area (Å²) in [5.41, 5.74) is 8.52. The molecule has 1 aromatic carbocycles. The van der Waals surface area contributed by atoms with Crippen molar-refractivity contribution in [3.05, 3.63) is 40.8 Å². The third-order valence-corrected chi connectivity index (χ3v) is 3.21. The topological polar surface area (TPSA) is 70.5 Å². The first kappa shape index (κ1) is 14.4. The molecule has 5 nitrogen and oxygen atoms in total. The van der Waals surface area contributed by atoms with Gasteiger partial charge in [-0.25, -0.2) is 0 Å². The van der Waals surface area contributed by atoms with Crippen LogP contribution < -0.4 is 15.2 Å². The number of aryl methyl sites for hydroxylation is 2. The van der Waals surface area contributed by atoms with Crippen molar-refractivity contribution in [1.29, 1.82) is 0 Å². The molecule has 2 aromatic rings. The number of benzene rings is 1. The molecule has 1 aromatic heterocycles. The molecule has 0 fully saturated rings. The van der Waals surface area contributed by atoms with Crippen LogP contribution in [-0.2, 0) is 13.0 Å². The maximum Gasteiger partial charge on any atom is 0.161 e. The quantitative estimate of drug-likeness (QED) is 0.877. The Labute approximate surface area is 118 Å². The lowest BCUT2D eigenvalue weighted by molar-refractivity contribution is 0.281. The zero-order valence-corrected chi connectivity index (χ0v) is 12.1. The first-order valence-electron chi connectivity index (χ1n) is 6.57. The van der Waals surface area contributed by atoms with Gasteiger partial charge in [0.2, 0.25) is 0 Å². The molecule has 2 rings (SSSR count). The molecule has 2 N–H and O–H groups in total. The van der Waals surface area contributed by atoms with Crippen molar-refractivity contribution in [3.63, 3.8) is 0 Å². The van der Waals surface area contributed by atoms with Gasteiger partial charge >= 0.3 is 0 Å². The lowest BCUT2D eigenvalue weighted by Gasteiger charge is -2.12. The Morgan fingerprint density at radius 2 is 2.05 bits per heavy atom. The van der Waals surface area contributed by atoms with Crippen molar-refractivity contribution >= 4 is 0 Å². The zero-order chi connectivity index (χ0) is 14.5. The van der Waals surface area contributed by atoms with Gasteiger partial charge in [-0.2, -0.15) is 0 Å². The molecule has 20 heavy (non-hydrogen) atoms. The number of methoxy groups -OCH3 is 1. The highest BCUT2D eigenvalue weighted by Crippen LogP contribution is 2.29. The summed E-state index contributed by atoms with van der Waals surface area (Å²) in [7, 11) is 1.63. The lowest BCUT2D eigenvalue weighted by atomic mass is 10.1. The van der Waals surface area contributed by atoms with E-state index in [4.69, 9.17) is 19.7 Å². The third-order valence-electron chi connectivity index (χ3n) is 3.21. The van der Waals surface area contributed by atoms with E-state index in [0.29, 0.717) is 24.7 Å². The van der Waals surface area contributed by atoms with Gasteiger partial charge in [-0.1, -0.05) is 11.2 Å². The Hall–Kier alpha value is -2.01. The summed E-state index contributed by atoms with van der Waals surface area (Å²) in [6.07, 6.45) is 0.811. The van der Waals surface area contributed by atoms with Gasteiger partial charge < -0.3 is 19.7 Å². The second kappa shape index (κ2) is 6.43. The first-order valence-corrected chi connectivity index (χ1v) is 6.57. The van der Waals surface area contributed by atoms with Gasteiger partial charge in [0.25, 0.3) is 0 Å². The summed E-state index contributed by atoms with van der Waals surface area (Å²) >= 11 is 0. The average Bonchev–Trinajstić information content (AvgIpc) is 2.76. The van der Waals surface area contributed by atoms with Crippen molar-refractivity contribution in [2.45, 2.75) is 26.9 Å². The molecule has 0 saturated carbocycles. The van der Waals surface area contributed by atoms with Gasteiger partial charge in [0.15, 0.2) is 11.5 Å². The molecule has 0 saturated heterocycles. The first-order chi connectivity index (χ1) is 9.65. The van der Waals surface area contributed by atoms with Crippen LogP contribution in [0.15, 0.2) is 22.7 Å². The minimum atomic E-state index is 0.406. The summed E-state index contributed by atoms with van der Waals surface area (Å²) in [4.78, 5) is 0. The van der Waals surface area contributed by atoms with Crippen molar-refractivity contribution in [1.82, 2.24) is 5.16 Å². The molecule has 0 radical (unpaired) electrons. The lowest BCUT2D eigenvalue weighted by Crippen LogP contribution is -2.04. The largest absolute Gasteiger partial charge is 0.493 e. The number of nitrogens with two attached hydrogens (primary N) is 1.